The van der Waals surface area contributed by atoms with Crippen molar-refractivity contribution in [1.82, 2.24) is 25.2 Å². The number of rotatable bonds is 4. The van der Waals surface area contributed by atoms with Gasteiger partial charge in [0.15, 0.2) is 0 Å². The lowest BCUT2D eigenvalue weighted by Gasteiger charge is -2.05. The van der Waals surface area contributed by atoms with Crippen LogP contribution in [0.25, 0.3) is 5.69 Å². The highest BCUT2D eigenvalue weighted by molar-refractivity contribution is 5.90. The molecule has 0 aliphatic carbocycles. The van der Waals surface area contributed by atoms with Crippen molar-refractivity contribution in [3.63, 3.8) is 0 Å². The van der Waals surface area contributed by atoms with Crippen molar-refractivity contribution in [1.29, 1.82) is 0 Å². The van der Waals surface area contributed by atoms with Crippen molar-refractivity contribution in [3.8, 4) is 17.3 Å². The molecule has 110 valence electrons. The molecule has 0 saturated carbocycles. The summed E-state index contributed by atoms with van der Waals surface area (Å²) in [6, 6.07) is 9.98. The fraction of sp³-hybridized carbons (Fsp3) is 0.0714. The van der Waals surface area contributed by atoms with E-state index in [9.17, 15) is 4.79 Å². The summed E-state index contributed by atoms with van der Waals surface area (Å²) in [5, 5.41) is 10.9. The fourth-order valence-corrected chi connectivity index (χ4v) is 1.73. The minimum atomic E-state index is -0.495. The van der Waals surface area contributed by atoms with Gasteiger partial charge in [0.25, 0.3) is 0 Å². The maximum Gasteiger partial charge on any atom is 0.345 e. The number of tetrazole rings is 1. The van der Waals surface area contributed by atoms with E-state index in [1.54, 1.807) is 36.4 Å². The number of hydrogen-bond donors (Lipinski definition) is 0. The van der Waals surface area contributed by atoms with Gasteiger partial charge < -0.3 is 9.47 Å². The zero-order chi connectivity index (χ0) is 15.4. The molecule has 0 saturated heterocycles. The molecule has 22 heavy (non-hydrogen) atoms. The first-order valence-corrected chi connectivity index (χ1v) is 6.32. The zero-order valence-corrected chi connectivity index (χ0v) is 11.6. The molecule has 8 nitrogen and oxygen atoms in total. The molecule has 3 aromatic rings. The van der Waals surface area contributed by atoms with Gasteiger partial charge in [0.1, 0.15) is 12.1 Å². The van der Waals surface area contributed by atoms with Gasteiger partial charge in [0, 0.05) is 12.3 Å². The number of aromatic nitrogens is 5. The molecule has 0 bridgehead atoms. The number of benzene rings is 1. The van der Waals surface area contributed by atoms with E-state index in [0.717, 1.165) is 5.69 Å². The summed E-state index contributed by atoms with van der Waals surface area (Å²) in [6.45, 7) is 0. The van der Waals surface area contributed by atoms with Gasteiger partial charge in [-0.25, -0.2) is 14.5 Å². The smallest absolute Gasteiger partial charge is 0.345 e. The van der Waals surface area contributed by atoms with Crippen LogP contribution in [-0.2, 0) is 0 Å². The molecule has 0 aliphatic rings. The average Bonchev–Trinajstić information content (AvgIpc) is 3.10. The summed E-state index contributed by atoms with van der Waals surface area (Å²) in [5.41, 5.74) is 1.10. The van der Waals surface area contributed by atoms with Crippen LogP contribution in [0.15, 0.2) is 48.9 Å². The molecule has 8 heteroatoms. The predicted molar refractivity (Wildman–Crippen MR) is 74.9 cm³/mol. The summed E-state index contributed by atoms with van der Waals surface area (Å²) in [7, 11) is 1.51. The fourth-order valence-electron chi connectivity index (χ4n) is 1.73. The van der Waals surface area contributed by atoms with Crippen LogP contribution < -0.4 is 9.47 Å². The van der Waals surface area contributed by atoms with Crippen molar-refractivity contribution in [2.75, 3.05) is 7.11 Å². The molecule has 0 amide bonds. The van der Waals surface area contributed by atoms with Crippen molar-refractivity contribution in [3.05, 3.63) is 54.5 Å². The third kappa shape index (κ3) is 2.90. The second kappa shape index (κ2) is 6.00. The lowest BCUT2D eigenvalue weighted by atomic mass is 10.3. The van der Waals surface area contributed by atoms with E-state index in [1.165, 1.54) is 24.3 Å². The zero-order valence-electron chi connectivity index (χ0n) is 11.6. The lowest BCUT2D eigenvalue weighted by Crippen LogP contribution is -2.09. The van der Waals surface area contributed by atoms with Crippen LogP contribution in [0.2, 0.25) is 0 Å². The Morgan fingerprint density at radius 3 is 2.55 bits per heavy atom. The van der Waals surface area contributed by atoms with Crippen LogP contribution >= 0.6 is 0 Å². The Morgan fingerprint density at radius 2 is 1.95 bits per heavy atom. The number of pyridine rings is 1. The second-order valence-corrected chi connectivity index (χ2v) is 4.23. The Balaban J connectivity index is 1.71. The predicted octanol–water partition coefficient (Wildman–Crippen LogP) is 1.29. The molecule has 0 radical (unpaired) electrons. The van der Waals surface area contributed by atoms with Gasteiger partial charge in [-0.1, -0.05) is 0 Å². The van der Waals surface area contributed by atoms with E-state index in [1.807, 2.05) is 0 Å². The van der Waals surface area contributed by atoms with Crippen molar-refractivity contribution < 1.29 is 14.3 Å². The number of carbonyl (C=O) groups is 1. The lowest BCUT2D eigenvalue weighted by molar-refractivity contribution is 0.0734. The van der Waals surface area contributed by atoms with Gasteiger partial charge in [-0.2, -0.15) is 0 Å². The largest absolute Gasteiger partial charge is 0.481 e. The van der Waals surface area contributed by atoms with E-state index in [0.29, 0.717) is 17.2 Å². The molecule has 0 atom stereocenters. The van der Waals surface area contributed by atoms with E-state index >= 15 is 0 Å². The van der Waals surface area contributed by atoms with Crippen LogP contribution in [-0.4, -0.2) is 38.3 Å². The molecule has 0 fully saturated rings. The van der Waals surface area contributed by atoms with Crippen LogP contribution in [0.4, 0.5) is 0 Å². The standard InChI is InChI=1S/C14H11N5O3/c1-21-13-7-2-10(8-15-13)14(20)22-12-5-3-11(4-6-12)19-9-16-17-18-19/h2-9H,1H3. The van der Waals surface area contributed by atoms with Crippen molar-refractivity contribution >= 4 is 5.97 Å². The van der Waals surface area contributed by atoms with Gasteiger partial charge in [-0.3, -0.25) is 0 Å². The highest BCUT2D eigenvalue weighted by atomic mass is 16.5. The maximum absolute atomic E-state index is 12.0. The Bertz CT molecular complexity index is 754. The van der Waals surface area contributed by atoms with Crippen molar-refractivity contribution in [2.24, 2.45) is 0 Å². The summed E-state index contributed by atoms with van der Waals surface area (Å²) in [5.74, 6) is 0.352. The molecule has 0 spiro atoms. The Kier molecular flexibility index (Phi) is 3.73. The summed E-state index contributed by atoms with van der Waals surface area (Å²) in [6.07, 6.45) is 2.88. The third-order valence-corrected chi connectivity index (χ3v) is 2.84. The van der Waals surface area contributed by atoms with Gasteiger partial charge in [0.2, 0.25) is 5.88 Å². The highest BCUT2D eigenvalue weighted by Gasteiger charge is 2.09. The van der Waals surface area contributed by atoms with Gasteiger partial charge >= 0.3 is 5.97 Å². The normalized spacial score (nSPS) is 10.2. The Labute approximate surface area is 125 Å². The molecule has 3 rings (SSSR count). The van der Waals surface area contributed by atoms with Crippen LogP contribution in [0, 0.1) is 0 Å². The number of methoxy groups -OCH3 is 1. The summed E-state index contributed by atoms with van der Waals surface area (Å²) < 4.78 is 11.7. The quantitative estimate of drug-likeness (QED) is 0.529. The summed E-state index contributed by atoms with van der Waals surface area (Å²) in [4.78, 5) is 15.9. The average molecular weight is 297 g/mol. The third-order valence-electron chi connectivity index (χ3n) is 2.84. The van der Waals surface area contributed by atoms with Crippen molar-refractivity contribution in [2.45, 2.75) is 0 Å². The number of nitrogens with zero attached hydrogens (tertiary/aromatic N) is 5. The van der Waals surface area contributed by atoms with Gasteiger partial charge in [-0.05, 0) is 40.8 Å². The van der Waals surface area contributed by atoms with Gasteiger partial charge in [0.05, 0.1) is 18.4 Å². The van der Waals surface area contributed by atoms with Crippen LogP contribution in [0.3, 0.4) is 0 Å². The van der Waals surface area contributed by atoms with E-state index in [-0.39, 0.29) is 0 Å². The molecule has 1 aromatic carbocycles. The number of ether oxygens (including phenoxy) is 2. The number of carbonyl (C=O) groups excluding carboxylic acids is 1. The molecule has 2 aromatic heterocycles. The Morgan fingerprint density at radius 1 is 1.14 bits per heavy atom. The highest BCUT2D eigenvalue weighted by Crippen LogP contribution is 2.16. The maximum atomic E-state index is 12.0. The summed E-state index contributed by atoms with van der Waals surface area (Å²) >= 11 is 0. The van der Waals surface area contributed by atoms with E-state index < -0.39 is 5.97 Å². The molecule has 0 N–H and O–H groups in total. The molecular weight excluding hydrogens is 286 g/mol. The first-order chi connectivity index (χ1) is 10.8. The van der Waals surface area contributed by atoms with E-state index in [4.69, 9.17) is 9.47 Å². The monoisotopic (exact) mass is 297 g/mol. The van der Waals surface area contributed by atoms with E-state index in [2.05, 4.69) is 20.5 Å². The Hall–Kier alpha value is -3.29. The second-order valence-electron chi connectivity index (χ2n) is 4.23. The first-order valence-electron chi connectivity index (χ1n) is 6.32. The number of esters is 1. The SMILES string of the molecule is COc1ccc(C(=O)Oc2ccc(-n3cnnn3)cc2)cn1. The molecule has 2 heterocycles. The minimum Gasteiger partial charge on any atom is -0.481 e. The first kappa shape index (κ1) is 13.7. The minimum absolute atomic E-state index is 0.338. The number of hydrogen-bond acceptors (Lipinski definition) is 7. The van der Waals surface area contributed by atoms with Crippen LogP contribution in [0.1, 0.15) is 10.4 Å². The molecular formula is C14H11N5O3. The van der Waals surface area contributed by atoms with Gasteiger partial charge in [-0.15, -0.1) is 5.10 Å². The van der Waals surface area contributed by atoms with Crippen LogP contribution in [0.5, 0.6) is 11.6 Å². The molecule has 0 aliphatic heterocycles. The topological polar surface area (TPSA) is 92.0 Å². The molecule has 0 unspecified atom stereocenters.